The third kappa shape index (κ3) is 3.60. The maximum Gasteiger partial charge on any atom is 0.269 e. The number of unbranched alkanes of at least 4 members (excludes halogenated alkanes) is 2. The largest absolute Gasteiger partial charge is 0.493 e. The Kier molecular flexibility index (Phi) is 5.36. The second kappa shape index (κ2) is 7.87. The van der Waals surface area contributed by atoms with E-state index in [0.29, 0.717) is 34.1 Å². The molecule has 0 spiro atoms. The second-order valence-electron chi connectivity index (χ2n) is 6.34. The Morgan fingerprint density at radius 2 is 2.15 bits per heavy atom. The van der Waals surface area contributed by atoms with Crippen molar-refractivity contribution in [2.45, 2.75) is 26.2 Å². The van der Waals surface area contributed by atoms with Crippen LogP contribution in [0.15, 0.2) is 30.5 Å². The quantitative estimate of drug-likeness (QED) is 0.655. The first-order valence-corrected chi connectivity index (χ1v) is 8.90. The van der Waals surface area contributed by atoms with Crippen LogP contribution in [0.4, 0.5) is 0 Å². The number of fused-ring (bicyclic) bond motifs is 1. The molecule has 0 unspecified atom stereocenters. The van der Waals surface area contributed by atoms with Crippen LogP contribution in [-0.4, -0.2) is 32.3 Å². The van der Waals surface area contributed by atoms with E-state index in [9.17, 15) is 15.2 Å². The third-order valence-electron chi connectivity index (χ3n) is 4.46. The summed E-state index contributed by atoms with van der Waals surface area (Å²) in [5.74, 6) is -0.315. The van der Waals surface area contributed by atoms with Crippen molar-refractivity contribution in [2.24, 2.45) is 7.05 Å². The van der Waals surface area contributed by atoms with Gasteiger partial charge >= 0.3 is 0 Å². The van der Waals surface area contributed by atoms with Crippen LogP contribution in [0.1, 0.15) is 42.2 Å². The van der Waals surface area contributed by atoms with E-state index < -0.39 is 0 Å². The minimum Gasteiger partial charge on any atom is -0.493 e. The van der Waals surface area contributed by atoms with Crippen LogP contribution in [0.3, 0.4) is 0 Å². The number of para-hydroxylation sites is 1. The molecule has 0 radical (unpaired) electrons. The summed E-state index contributed by atoms with van der Waals surface area (Å²) in [5, 5.41) is 27.4. The van der Waals surface area contributed by atoms with E-state index in [1.54, 1.807) is 25.2 Å². The highest BCUT2D eigenvalue weighted by molar-refractivity contribution is 6.03. The number of carbonyl (C=O) groups is 1. The molecule has 2 N–H and O–H groups in total. The smallest absolute Gasteiger partial charge is 0.269 e. The molecule has 138 valence electrons. The topological polar surface area (TPSA) is 104 Å². The average molecular weight is 363 g/mol. The molecule has 3 aromatic rings. The molecular weight excluding hydrogens is 342 g/mol. The monoisotopic (exact) mass is 363 g/mol. The number of pyridine rings is 1. The van der Waals surface area contributed by atoms with Crippen LogP contribution in [0.2, 0.25) is 0 Å². The Labute approximate surface area is 157 Å². The number of nitrogens with one attached hydrogen (secondary N) is 1. The fourth-order valence-corrected chi connectivity index (χ4v) is 2.97. The van der Waals surface area contributed by atoms with Gasteiger partial charge in [0.2, 0.25) is 5.88 Å². The Hall–Kier alpha value is -3.40. The van der Waals surface area contributed by atoms with Crippen molar-refractivity contribution >= 4 is 16.8 Å². The van der Waals surface area contributed by atoms with Crippen molar-refractivity contribution in [3.8, 4) is 23.1 Å². The molecule has 7 heteroatoms. The summed E-state index contributed by atoms with van der Waals surface area (Å²) in [6.07, 6.45) is 4.54. The van der Waals surface area contributed by atoms with Crippen molar-refractivity contribution in [1.29, 1.82) is 5.26 Å². The minimum atomic E-state index is -0.301. The molecule has 7 nitrogen and oxygen atoms in total. The van der Waals surface area contributed by atoms with Gasteiger partial charge in [-0.1, -0.05) is 31.9 Å². The molecule has 1 aromatic carbocycles. The van der Waals surface area contributed by atoms with E-state index in [2.05, 4.69) is 28.4 Å². The normalized spacial score (nSPS) is 10.7. The lowest BCUT2D eigenvalue weighted by atomic mass is 10.00. The van der Waals surface area contributed by atoms with Crippen LogP contribution in [-0.2, 0) is 7.05 Å². The first-order chi connectivity index (χ1) is 13.1. The third-order valence-corrected chi connectivity index (χ3v) is 4.46. The summed E-state index contributed by atoms with van der Waals surface area (Å²) in [5.41, 5.74) is 2.11. The van der Waals surface area contributed by atoms with Gasteiger partial charge in [-0.05, 0) is 18.6 Å². The van der Waals surface area contributed by atoms with Gasteiger partial charge in [0.05, 0.1) is 22.8 Å². The molecule has 27 heavy (non-hydrogen) atoms. The van der Waals surface area contributed by atoms with Gasteiger partial charge < -0.3 is 10.4 Å². The number of aromatic hydroxyl groups is 1. The predicted molar refractivity (Wildman–Crippen MR) is 102 cm³/mol. The SMILES string of the molecule is CCCCCNC(=O)c1cc(-c2cnn(C)c2O)c2cccc(C#N)c2n1. The summed E-state index contributed by atoms with van der Waals surface area (Å²) >= 11 is 0. The molecule has 2 heterocycles. The maximum absolute atomic E-state index is 12.6. The van der Waals surface area contributed by atoms with Gasteiger partial charge in [0, 0.05) is 24.5 Å². The van der Waals surface area contributed by atoms with Crippen LogP contribution in [0, 0.1) is 11.3 Å². The van der Waals surface area contributed by atoms with Crippen LogP contribution < -0.4 is 5.32 Å². The number of rotatable bonds is 6. The van der Waals surface area contributed by atoms with E-state index >= 15 is 0 Å². The number of amides is 1. The molecule has 0 saturated heterocycles. The Balaban J connectivity index is 2.12. The van der Waals surface area contributed by atoms with E-state index in [1.807, 2.05) is 6.07 Å². The molecule has 0 aliphatic heterocycles. The van der Waals surface area contributed by atoms with Crippen molar-refractivity contribution in [3.63, 3.8) is 0 Å². The van der Waals surface area contributed by atoms with Gasteiger partial charge in [0.15, 0.2) is 0 Å². The molecule has 2 aromatic heterocycles. The lowest BCUT2D eigenvalue weighted by Crippen LogP contribution is -2.25. The summed E-state index contributed by atoms with van der Waals surface area (Å²) in [4.78, 5) is 17.0. The molecule has 0 saturated carbocycles. The van der Waals surface area contributed by atoms with Gasteiger partial charge in [-0.3, -0.25) is 4.79 Å². The first-order valence-electron chi connectivity index (χ1n) is 8.90. The molecule has 0 aliphatic rings. The number of hydrogen-bond acceptors (Lipinski definition) is 5. The molecule has 0 bridgehead atoms. The van der Waals surface area contributed by atoms with Gasteiger partial charge in [-0.25, -0.2) is 9.67 Å². The summed E-state index contributed by atoms with van der Waals surface area (Å²) in [6, 6.07) is 8.98. The van der Waals surface area contributed by atoms with Crippen molar-refractivity contribution < 1.29 is 9.90 Å². The zero-order chi connectivity index (χ0) is 19.4. The van der Waals surface area contributed by atoms with E-state index in [-0.39, 0.29) is 17.5 Å². The zero-order valence-electron chi connectivity index (χ0n) is 15.4. The molecule has 3 rings (SSSR count). The lowest BCUT2D eigenvalue weighted by Gasteiger charge is -2.10. The molecular formula is C20H21N5O2. The Bertz CT molecular complexity index is 1030. The van der Waals surface area contributed by atoms with Gasteiger partial charge in [-0.2, -0.15) is 10.4 Å². The van der Waals surface area contributed by atoms with Crippen LogP contribution in [0.5, 0.6) is 5.88 Å². The summed E-state index contributed by atoms with van der Waals surface area (Å²) < 4.78 is 1.35. The van der Waals surface area contributed by atoms with Crippen molar-refractivity contribution in [3.05, 3.63) is 41.7 Å². The lowest BCUT2D eigenvalue weighted by molar-refractivity contribution is 0.0948. The summed E-state index contributed by atoms with van der Waals surface area (Å²) in [7, 11) is 1.63. The molecule has 1 amide bonds. The fourth-order valence-electron chi connectivity index (χ4n) is 2.97. The highest BCUT2D eigenvalue weighted by Crippen LogP contribution is 2.35. The molecule has 0 fully saturated rings. The minimum absolute atomic E-state index is 0.0147. The fraction of sp³-hybridized carbons (Fsp3) is 0.300. The maximum atomic E-state index is 12.6. The van der Waals surface area contributed by atoms with Gasteiger partial charge in [-0.15, -0.1) is 0 Å². The molecule has 0 aliphatic carbocycles. The number of nitriles is 1. The second-order valence-corrected chi connectivity index (χ2v) is 6.34. The average Bonchev–Trinajstić information content (AvgIpc) is 3.02. The number of aryl methyl sites for hydroxylation is 1. The zero-order valence-corrected chi connectivity index (χ0v) is 15.4. The number of hydrogen-bond donors (Lipinski definition) is 2. The standard InChI is InChI=1S/C20H21N5O2/c1-3-4-5-9-22-19(26)17-10-15(16-12-23-25(2)20(16)27)14-8-6-7-13(11-21)18(14)24-17/h6-8,10,12,27H,3-5,9H2,1-2H3,(H,22,26). The predicted octanol–water partition coefficient (Wildman–Crippen LogP) is 3.13. The highest BCUT2D eigenvalue weighted by Gasteiger charge is 2.18. The van der Waals surface area contributed by atoms with E-state index in [1.165, 1.54) is 10.9 Å². The van der Waals surface area contributed by atoms with E-state index in [4.69, 9.17) is 0 Å². The van der Waals surface area contributed by atoms with Crippen LogP contribution in [0.25, 0.3) is 22.0 Å². The Morgan fingerprint density at radius 1 is 1.33 bits per heavy atom. The number of nitrogens with zero attached hydrogens (tertiary/aromatic N) is 4. The van der Waals surface area contributed by atoms with Gasteiger partial charge in [0.25, 0.3) is 5.91 Å². The highest BCUT2D eigenvalue weighted by atomic mass is 16.3. The van der Waals surface area contributed by atoms with Crippen LogP contribution >= 0.6 is 0 Å². The van der Waals surface area contributed by atoms with Crippen molar-refractivity contribution in [2.75, 3.05) is 6.54 Å². The first kappa shape index (κ1) is 18.4. The van der Waals surface area contributed by atoms with Crippen molar-refractivity contribution in [1.82, 2.24) is 20.1 Å². The van der Waals surface area contributed by atoms with Gasteiger partial charge in [0.1, 0.15) is 11.8 Å². The Morgan fingerprint density at radius 3 is 2.81 bits per heavy atom. The number of carbonyl (C=O) groups excluding carboxylic acids is 1. The number of aromatic nitrogens is 3. The van der Waals surface area contributed by atoms with E-state index in [0.717, 1.165) is 19.3 Å². The summed E-state index contributed by atoms with van der Waals surface area (Å²) in [6.45, 7) is 2.67. The molecule has 0 atom stereocenters. The number of benzene rings is 1.